The third-order valence-corrected chi connectivity index (χ3v) is 0.727. The van der Waals surface area contributed by atoms with Crippen LogP contribution in [0.15, 0.2) is 0 Å². The van der Waals surface area contributed by atoms with E-state index in [9.17, 15) is 0 Å². The van der Waals surface area contributed by atoms with Crippen LogP contribution in [0.2, 0.25) is 0 Å². The van der Waals surface area contributed by atoms with Crippen molar-refractivity contribution in [3.8, 4) is 0 Å². The van der Waals surface area contributed by atoms with Gasteiger partial charge in [-0.25, -0.2) is 9.78 Å². The summed E-state index contributed by atoms with van der Waals surface area (Å²) in [5, 5.41) is 0. The van der Waals surface area contributed by atoms with E-state index in [4.69, 9.17) is 0 Å². The molecule has 1 unspecified atom stereocenters. The van der Waals surface area contributed by atoms with Crippen LogP contribution in [0.5, 0.6) is 0 Å². The first-order valence-electron chi connectivity index (χ1n) is 2.01. The Bertz CT molecular complexity index is 38.8. The van der Waals surface area contributed by atoms with Crippen LogP contribution < -0.4 is 0 Å². The maximum Gasteiger partial charge on any atom is 0.0954 e. The molecule has 1 atom stereocenters. The van der Waals surface area contributed by atoms with Crippen LogP contribution in [0.25, 0.3) is 0 Å². The average Bonchev–Trinajstić information content (AvgIpc) is 1.86. The van der Waals surface area contributed by atoms with Gasteiger partial charge in [0.15, 0.2) is 0 Å². The largest absolute Gasteiger partial charge is 0.236 e. The first-order chi connectivity index (χ1) is 2.89. The molecule has 2 nitrogen and oxygen atoms in total. The van der Waals surface area contributed by atoms with Crippen molar-refractivity contribution in [2.45, 2.75) is 12.5 Å². The average molecular weight is 87.1 g/mol. The fourth-order valence-corrected chi connectivity index (χ4v) is 0.372. The molecule has 1 aliphatic rings. The van der Waals surface area contributed by atoms with Crippen molar-refractivity contribution in [3.05, 3.63) is 6.92 Å². The minimum atomic E-state index is 0.0741. The van der Waals surface area contributed by atoms with Gasteiger partial charge in [0, 0.05) is 6.42 Å². The Morgan fingerprint density at radius 3 is 2.67 bits per heavy atom. The molecule has 1 aliphatic heterocycles. The SMILES string of the molecule is [CH2]C1CCOO1. The molecule has 1 rings (SSSR count). The summed E-state index contributed by atoms with van der Waals surface area (Å²) in [6, 6.07) is 0. The van der Waals surface area contributed by atoms with E-state index in [2.05, 4.69) is 16.7 Å². The van der Waals surface area contributed by atoms with Crippen molar-refractivity contribution in [3.63, 3.8) is 0 Å². The fraction of sp³-hybridized carbons (Fsp3) is 0.750. The van der Waals surface area contributed by atoms with Crippen LogP contribution >= 0.6 is 0 Å². The predicted octanol–water partition coefficient (Wildman–Crippen LogP) is 0.541. The van der Waals surface area contributed by atoms with Gasteiger partial charge < -0.3 is 0 Å². The third-order valence-electron chi connectivity index (χ3n) is 0.727. The second-order valence-electron chi connectivity index (χ2n) is 1.33. The molecule has 1 heterocycles. The van der Waals surface area contributed by atoms with Crippen LogP contribution in [-0.2, 0) is 9.78 Å². The Labute approximate surface area is 37.0 Å². The molecule has 1 fully saturated rings. The van der Waals surface area contributed by atoms with Crippen LogP contribution in [0.4, 0.5) is 0 Å². The van der Waals surface area contributed by atoms with Gasteiger partial charge in [0.1, 0.15) is 0 Å². The minimum absolute atomic E-state index is 0.0741. The second kappa shape index (κ2) is 1.58. The van der Waals surface area contributed by atoms with Gasteiger partial charge in [-0.15, -0.1) is 0 Å². The molecule has 35 valence electrons. The molecule has 0 bridgehead atoms. The van der Waals surface area contributed by atoms with E-state index in [0.29, 0.717) is 6.61 Å². The monoisotopic (exact) mass is 87.0 g/mol. The lowest BCUT2D eigenvalue weighted by atomic mass is 10.3. The van der Waals surface area contributed by atoms with Crippen molar-refractivity contribution < 1.29 is 9.78 Å². The van der Waals surface area contributed by atoms with Gasteiger partial charge >= 0.3 is 0 Å². The minimum Gasteiger partial charge on any atom is -0.236 e. The predicted molar refractivity (Wildman–Crippen MR) is 20.8 cm³/mol. The first kappa shape index (κ1) is 4.09. The second-order valence-corrected chi connectivity index (χ2v) is 1.33. The molecule has 0 aromatic heterocycles. The van der Waals surface area contributed by atoms with E-state index >= 15 is 0 Å². The molecule has 6 heavy (non-hydrogen) atoms. The maximum atomic E-state index is 4.54. The Morgan fingerprint density at radius 2 is 2.50 bits per heavy atom. The van der Waals surface area contributed by atoms with Gasteiger partial charge in [-0.2, -0.15) is 0 Å². The molecule has 0 aromatic rings. The quantitative estimate of drug-likeness (QED) is 0.401. The standard InChI is InChI=1S/C4H7O2/c1-4-2-3-5-6-4/h4H,1-3H2. The summed E-state index contributed by atoms with van der Waals surface area (Å²) < 4.78 is 0. The number of hydrogen-bond donors (Lipinski definition) is 0. The molecule has 0 aliphatic carbocycles. The Balaban J connectivity index is 2.18. The van der Waals surface area contributed by atoms with Gasteiger partial charge in [0.25, 0.3) is 0 Å². The third kappa shape index (κ3) is 0.698. The summed E-state index contributed by atoms with van der Waals surface area (Å²) in [6.07, 6.45) is 1.00. The van der Waals surface area contributed by atoms with Crippen molar-refractivity contribution in [2.75, 3.05) is 6.61 Å². The molecular weight excluding hydrogens is 80.0 g/mol. The number of hydrogen-bond acceptors (Lipinski definition) is 2. The molecule has 2 heteroatoms. The lowest BCUT2D eigenvalue weighted by Crippen LogP contribution is -1.94. The van der Waals surface area contributed by atoms with Crippen LogP contribution in [0.3, 0.4) is 0 Å². The van der Waals surface area contributed by atoms with E-state index in [1.54, 1.807) is 0 Å². The highest BCUT2D eigenvalue weighted by Crippen LogP contribution is 2.05. The zero-order valence-electron chi connectivity index (χ0n) is 3.52. The summed E-state index contributed by atoms with van der Waals surface area (Å²) in [7, 11) is 0. The summed E-state index contributed by atoms with van der Waals surface area (Å²) in [5.74, 6) is 0. The van der Waals surface area contributed by atoms with Crippen LogP contribution in [0, 0.1) is 6.92 Å². The molecular formula is C4H7O2. The van der Waals surface area contributed by atoms with Crippen molar-refractivity contribution in [1.29, 1.82) is 0 Å². The summed E-state index contributed by atoms with van der Waals surface area (Å²) in [6.45, 7) is 4.29. The highest BCUT2D eigenvalue weighted by molar-refractivity contribution is 4.58. The van der Waals surface area contributed by atoms with Crippen molar-refractivity contribution >= 4 is 0 Å². The summed E-state index contributed by atoms with van der Waals surface area (Å²) in [4.78, 5) is 9.04. The van der Waals surface area contributed by atoms with Crippen molar-refractivity contribution in [1.82, 2.24) is 0 Å². The molecule has 0 spiro atoms. The molecule has 0 amide bonds. The topological polar surface area (TPSA) is 18.5 Å². The molecule has 0 N–H and O–H groups in total. The molecule has 0 aromatic carbocycles. The highest BCUT2D eigenvalue weighted by Gasteiger charge is 2.09. The zero-order valence-corrected chi connectivity index (χ0v) is 3.52. The highest BCUT2D eigenvalue weighted by atomic mass is 17.2. The fourth-order valence-electron chi connectivity index (χ4n) is 0.372. The smallest absolute Gasteiger partial charge is 0.0954 e. The number of rotatable bonds is 0. The van der Waals surface area contributed by atoms with E-state index in [1.165, 1.54) is 0 Å². The maximum absolute atomic E-state index is 4.54. The lowest BCUT2D eigenvalue weighted by Gasteiger charge is -1.90. The Kier molecular flexibility index (Phi) is 1.08. The van der Waals surface area contributed by atoms with E-state index in [1.807, 2.05) is 0 Å². The molecule has 0 saturated carbocycles. The molecule has 1 saturated heterocycles. The van der Waals surface area contributed by atoms with Gasteiger partial charge in [0.05, 0.1) is 12.7 Å². The van der Waals surface area contributed by atoms with E-state index in [-0.39, 0.29) is 6.10 Å². The van der Waals surface area contributed by atoms with E-state index in [0.717, 1.165) is 6.42 Å². The van der Waals surface area contributed by atoms with Gasteiger partial charge in [-0.3, -0.25) is 0 Å². The van der Waals surface area contributed by atoms with E-state index < -0.39 is 0 Å². The van der Waals surface area contributed by atoms with Crippen LogP contribution in [-0.4, -0.2) is 12.7 Å². The van der Waals surface area contributed by atoms with Crippen molar-refractivity contribution in [2.24, 2.45) is 0 Å². The van der Waals surface area contributed by atoms with Crippen LogP contribution in [0.1, 0.15) is 6.42 Å². The zero-order chi connectivity index (χ0) is 4.41. The lowest BCUT2D eigenvalue weighted by molar-refractivity contribution is -0.265. The molecule has 1 radical (unpaired) electrons. The van der Waals surface area contributed by atoms with Gasteiger partial charge in [-0.05, 0) is 6.92 Å². The summed E-state index contributed by atoms with van der Waals surface area (Å²) in [5.41, 5.74) is 0. The van der Waals surface area contributed by atoms with Gasteiger partial charge in [0.2, 0.25) is 0 Å². The Hall–Kier alpha value is -0.0800. The first-order valence-corrected chi connectivity index (χ1v) is 2.01. The summed E-state index contributed by atoms with van der Waals surface area (Å²) >= 11 is 0. The normalized spacial score (nSPS) is 34.5. The Morgan fingerprint density at radius 1 is 1.67 bits per heavy atom. The van der Waals surface area contributed by atoms with Gasteiger partial charge in [-0.1, -0.05) is 0 Å².